The van der Waals surface area contributed by atoms with Gasteiger partial charge in [-0.3, -0.25) is 4.79 Å². The van der Waals surface area contributed by atoms with Crippen LogP contribution in [0.1, 0.15) is 30.4 Å². The molecular formula is C19H19N3O3S. The first-order valence-corrected chi connectivity index (χ1v) is 9.61. The summed E-state index contributed by atoms with van der Waals surface area (Å²) in [5.41, 5.74) is 3.45. The molecule has 2 heterocycles. The molecule has 0 bridgehead atoms. The van der Waals surface area contributed by atoms with Gasteiger partial charge in [0.1, 0.15) is 0 Å². The highest BCUT2D eigenvalue weighted by Crippen LogP contribution is 2.28. The Balaban J connectivity index is 1.41. The highest BCUT2D eigenvalue weighted by atomic mass is 32.1. The molecule has 1 aliphatic rings. The van der Waals surface area contributed by atoms with Gasteiger partial charge in [-0.1, -0.05) is 18.2 Å². The van der Waals surface area contributed by atoms with E-state index in [0.29, 0.717) is 5.89 Å². The fraction of sp³-hybridized carbons (Fsp3) is 0.316. The quantitative estimate of drug-likeness (QED) is 0.747. The fourth-order valence-electron chi connectivity index (χ4n) is 3.27. The van der Waals surface area contributed by atoms with Crippen molar-refractivity contribution >= 4 is 22.9 Å². The molecule has 2 aromatic heterocycles. The van der Waals surface area contributed by atoms with Crippen LogP contribution in [0.2, 0.25) is 0 Å². The summed E-state index contributed by atoms with van der Waals surface area (Å²) in [7, 11) is 0. The monoisotopic (exact) mass is 369 g/mol. The molecule has 1 aromatic carbocycles. The Labute approximate surface area is 154 Å². The summed E-state index contributed by atoms with van der Waals surface area (Å²) in [5.74, 6) is -0.377. The summed E-state index contributed by atoms with van der Waals surface area (Å²) in [4.78, 5) is 25.0. The van der Waals surface area contributed by atoms with Crippen molar-refractivity contribution < 1.29 is 9.21 Å². The SMILES string of the molecule is O=C(CCn1nc(-c2cccs2)oc1=O)Nc1cccc2c1CCCC2. The van der Waals surface area contributed by atoms with Gasteiger partial charge in [-0.15, -0.1) is 16.4 Å². The van der Waals surface area contributed by atoms with Gasteiger partial charge in [0.2, 0.25) is 5.91 Å². The van der Waals surface area contributed by atoms with Crippen LogP contribution in [0.25, 0.3) is 10.8 Å². The molecule has 6 nitrogen and oxygen atoms in total. The second-order valence-corrected chi connectivity index (χ2v) is 7.27. The van der Waals surface area contributed by atoms with Crippen molar-refractivity contribution in [1.29, 1.82) is 0 Å². The van der Waals surface area contributed by atoms with Crippen LogP contribution in [-0.4, -0.2) is 15.7 Å². The van der Waals surface area contributed by atoms with Gasteiger partial charge in [0.25, 0.3) is 5.89 Å². The van der Waals surface area contributed by atoms with Crippen molar-refractivity contribution in [3.63, 3.8) is 0 Å². The summed E-state index contributed by atoms with van der Waals surface area (Å²) >= 11 is 1.45. The number of aromatic nitrogens is 2. The molecule has 0 atom stereocenters. The maximum atomic E-state index is 12.3. The number of hydrogen-bond acceptors (Lipinski definition) is 5. The van der Waals surface area contributed by atoms with E-state index >= 15 is 0 Å². The van der Waals surface area contributed by atoms with Crippen molar-refractivity contribution in [3.05, 3.63) is 57.4 Å². The number of aryl methyl sites for hydroxylation is 2. The summed E-state index contributed by atoms with van der Waals surface area (Å²) in [5, 5.41) is 9.04. The highest BCUT2D eigenvalue weighted by molar-refractivity contribution is 7.13. The van der Waals surface area contributed by atoms with E-state index in [1.165, 1.54) is 33.6 Å². The van der Waals surface area contributed by atoms with Crippen molar-refractivity contribution in [2.45, 2.75) is 38.6 Å². The first-order valence-electron chi connectivity index (χ1n) is 8.73. The van der Waals surface area contributed by atoms with Crippen molar-refractivity contribution in [2.75, 3.05) is 5.32 Å². The van der Waals surface area contributed by atoms with E-state index in [4.69, 9.17) is 4.42 Å². The number of nitrogens with zero attached hydrogens (tertiary/aromatic N) is 2. The van der Waals surface area contributed by atoms with E-state index in [0.717, 1.165) is 29.8 Å². The Kier molecular flexibility index (Phi) is 4.71. The van der Waals surface area contributed by atoms with Crippen LogP contribution < -0.4 is 11.1 Å². The Bertz CT molecular complexity index is 972. The molecule has 0 saturated carbocycles. The molecule has 0 aliphatic heterocycles. The highest BCUT2D eigenvalue weighted by Gasteiger charge is 2.16. The predicted molar refractivity (Wildman–Crippen MR) is 100 cm³/mol. The lowest BCUT2D eigenvalue weighted by Gasteiger charge is -2.19. The first kappa shape index (κ1) is 16.8. The zero-order valence-corrected chi connectivity index (χ0v) is 15.1. The number of nitrogens with one attached hydrogen (secondary N) is 1. The van der Waals surface area contributed by atoms with Crippen molar-refractivity contribution in [1.82, 2.24) is 9.78 Å². The van der Waals surface area contributed by atoms with Crippen LogP contribution in [0.5, 0.6) is 0 Å². The van der Waals surface area contributed by atoms with E-state index in [2.05, 4.69) is 16.5 Å². The van der Waals surface area contributed by atoms with Gasteiger partial charge in [-0.25, -0.2) is 4.79 Å². The molecule has 26 heavy (non-hydrogen) atoms. The summed E-state index contributed by atoms with van der Waals surface area (Å²) < 4.78 is 6.36. The Hall–Kier alpha value is -2.67. The van der Waals surface area contributed by atoms with Crippen molar-refractivity contribution in [2.24, 2.45) is 0 Å². The van der Waals surface area contributed by atoms with Crippen molar-refractivity contribution in [3.8, 4) is 10.8 Å². The average molecular weight is 369 g/mol. The van der Waals surface area contributed by atoms with Gasteiger partial charge in [-0.05, 0) is 54.3 Å². The molecule has 3 aromatic rings. The number of thiophene rings is 1. The fourth-order valence-corrected chi connectivity index (χ4v) is 3.91. The first-order chi connectivity index (χ1) is 12.7. The smallest absolute Gasteiger partial charge is 0.387 e. The van der Waals surface area contributed by atoms with Crippen LogP contribution in [0, 0.1) is 0 Å². The largest absolute Gasteiger partial charge is 0.437 e. The van der Waals surface area contributed by atoms with E-state index in [1.807, 2.05) is 29.6 Å². The number of fused-ring (bicyclic) bond motifs is 1. The molecule has 4 rings (SSSR count). The number of amides is 1. The standard InChI is InChI=1S/C19H19N3O3S/c23-17(20-15-8-3-6-13-5-1-2-7-14(13)15)10-11-22-19(24)25-18(21-22)16-9-4-12-26-16/h3-4,6,8-9,12H,1-2,5,7,10-11H2,(H,20,23). The number of carbonyl (C=O) groups is 1. The third-order valence-corrected chi connectivity index (χ3v) is 5.42. The van der Waals surface area contributed by atoms with Gasteiger partial charge < -0.3 is 9.73 Å². The molecule has 134 valence electrons. The third kappa shape index (κ3) is 3.48. The normalized spacial score (nSPS) is 13.4. The molecule has 0 radical (unpaired) electrons. The van der Waals surface area contributed by atoms with E-state index in [1.54, 1.807) is 0 Å². The molecule has 0 fully saturated rings. The van der Waals surface area contributed by atoms with Crippen LogP contribution in [0.3, 0.4) is 0 Å². The van der Waals surface area contributed by atoms with Gasteiger partial charge in [0, 0.05) is 12.1 Å². The van der Waals surface area contributed by atoms with Crippen LogP contribution in [-0.2, 0) is 24.2 Å². The second kappa shape index (κ2) is 7.29. The maximum Gasteiger partial charge on any atom is 0.437 e. The number of carbonyl (C=O) groups excluding carboxylic acids is 1. The molecule has 7 heteroatoms. The van der Waals surface area contributed by atoms with Crippen LogP contribution >= 0.6 is 11.3 Å². The molecular weight excluding hydrogens is 350 g/mol. The zero-order valence-electron chi connectivity index (χ0n) is 14.2. The second-order valence-electron chi connectivity index (χ2n) is 6.32. The Morgan fingerprint density at radius 2 is 2.12 bits per heavy atom. The summed E-state index contributed by atoms with van der Waals surface area (Å²) in [6, 6.07) is 9.76. The summed E-state index contributed by atoms with van der Waals surface area (Å²) in [6.45, 7) is 0.189. The maximum absolute atomic E-state index is 12.3. The molecule has 1 aliphatic carbocycles. The average Bonchev–Trinajstić information content (AvgIpc) is 3.30. The molecule has 0 spiro atoms. The minimum absolute atomic E-state index is 0.128. The molecule has 1 N–H and O–H groups in total. The lowest BCUT2D eigenvalue weighted by Crippen LogP contribution is -2.21. The predicted octanol–water partition coefficient (Wildman–Crippen LogP) is 3.47. The molecule has 1 amide bonds. The third-order valence-electron chi connectivity index (χ3n) is 4.56. The van der Waals surface area contributed by atoms with Gasteiger partial charge in [0.15, 0.2) is 0 Å². The van der Waals surface area contributed by atoms with E-state index in [-0.39, 0.29) is 18.9 Å². The van der Waals surface area contributed by atoms with Gasteiger partial charge in [0.05, 0.1) is 11.4 Å². The van der Waals surface area contributed by atoms with E-state index < -0.39 is 5.76 Å². The summed E-state index contributed by atoms with van der Waals surface area (Å²) in [6.07, 6.45) is 4.59. The number of hydrogen-bond donors (Lipinski definition) is 1. The number of benzene rings is 1. The van der Waals surface area contributed by atoms with Gasteiger partial charge >= 0.3 is 5.76 Å². The minimum atomic E-state index is -0.543. The minimum Gasteiger partial charge on any atom is -0.387 e. The van der Waals surface area contributed by atoms with E-state index in [9.17, 15) is 9.59 Å². The van der Waals surface area contributed by atoms with Crippen LogP contribution in [0.4, 0.5) is 5.69 Å². The number of rotatable bonds is 5. The zero-order chi connectivity index (χ0) is 17.9. The molecule has 0 saturated heterocycles. The van der Waals surface area contributed by atoms with Crippen LogP contribution in [0.15, 0.2) is 44.9 Å². The topological polar surface area (TPSA) is 77.1 Å². The number of anilines is 1. The van der Waals surface area contributed by atoms with Gasteiger partial charge in [-0.2, -0.15) is 4.68 Å². The lowest BCUT2D eigenvalue weighted by atomic mass is 9.90. The lowest BCUT2D eigenvalue weighted by molar-refractivity contribution is -0.116. The Morgan fingerprint density at radius 3 is 2.96 bits per heavy atom. The molecule has 0 unspecified atom stereocenters. The Morgan fingerprint density at radius 1 is 1.23 bits per heavy atom.